The third-order valence-corrected chi connectivity index (χ3v) is 5.62. The molecule has 3 aromatic rings. The first-order valence-electron chi connectivity index (χ1n) is 10.6. The average Bonchev–Trinajstić information content (AvgIpc) is 2.77. The molecule has 0 N–H and O–H groups in total. The molecule has 1 atom stereocenters. The fourth-order valence-electron chi connectivity index (χ4n) is 3.90. The molecule has 0 aliphatic carbocycles. The van der Waals surface area contributed by atoms with Crippen molar-refractivity contribution in [3.8, 4) is 28.0 Å². The molecule has 0 spiro atoms. The first kappa shape index (κ1) is 23.6. The predicted molar refractivity (Wildman–Crippen MR) is 121 cm³/mol. The van der Waals surface area contributed by atoms with Gasteiger partial charge in [-0.25, -0.2) is 8.78 Å². The van der Waals surface area contributed by atoms with Gasteiger partial charge in [-0.1, -0.05) is 50.6 Å². The SMILES string of the molecule is CCCC(C)c1ccc(-c2cc(F)c(-c3ccc(OC)c(CC=C(F)F)c3)c(F)c2)cc1. The van der Waals surface area contributed by atoms with Crippen LogP contribution in [0.1, 0.15) is 43.7 Å². The fourth-order valence-corrected chi connectivity index (χ4v) is 3.90. The second-order valence-corrected chi connectivity index (χ2v) is 7.85. The lowest BCUT2D eigenvalue weighted by Crippen LogP contribution is -1.96. The summed E-state index contributed by atoms with van der Waals surface area (Å²) in [7, 11) is 1.41. The van der Waals surface area contributed by atoms with Crippen LogP contribution in [0.4, 0.5) is 17.6 Å². The van der Waals surface area contributed by atoms with Crippen molar-refractivity contribution >= 4 is 0 Å². The molecule has 0 fully saturated rings. The van der Waals surface area contributed by atoms with Crippen LogP contribution >= 0.6 is 0 Å². The van der Waals surface area contributed by atoms with Crippen LogP contribution in [0.15, 0.2) is 66.8 Å². The van der Waals surface area contributed by atoms with Crippen molar-refractivity contribution in [2.24, 2.45) is 0 Å². The number of halogens is 4. The van der Waals surface area contributed by atoms with Gasteiger partial charge in [0.1, 0.15) is 17.4 Å². The summed E-state index contributed by atoms with van der Waals surface area (Å²) in [6.45, 7) is 4.30. The number of allylic oxidation sites excluding steroid dienone is 1. The largest absolute Gasteiger partial charge is 0.496 e. The first-order valence-corrected chi connectivity index (χ1v) is 10.6. The third-order valence-electron chi connectivity index (χ3n) is 5.62. The number of hydrogen-bond donors (Lipinski definition) is 0. The van der Waals surface area contributed by atoms with Crippen molar-refractivity contribution < 1.29 is 22.3 Å². The summed E-state index contributed by atoms with van der Waals surface area (Å²) in [5, 5.41) is 0. The second-order valence-electron chi connectivity index (χ2n) is 7.85. The molecule has 0 aliphatic heterocycles. The van der Waals surface area contributed by atoms with E-state index in [0.717, 1.165) is 24.5 Å². The van der Waals surface area contributed by atoms with Crippen LogP contribution in [-0.2, 0) is 6.42 Å². The summed E-state index contributed by atoms with van der Waals surface area (Å²) in [6, 6.07) is 14.8. The van der Waals surface area contributed by atoms with E-state index in [9.17, 15) is 8.78 Å². The minimum atomic E-state index is -1.82. The average molecular weight is 442 g/mol. The molecule has 0 aliphatic rings. The van der Waals surface area contributed by atoms with E-state index < -0.39 is 17.7 Å². The number of ether oxygens (including phenoxy) is 1. The Morgan fingerprint density at radius 2 is 1.53 bits per heavy atom. The third kappa shape index (κ3) is 5.39. The van der Waals surface area contributed by atoms with Crippen LogP contribution in [0.5, 0.6) is 5.75 Å². The summed E-state index contributed by atoms with van der Waals surface area (Å²) >= 11 is 0. The van der Waals surface area contributed by atoms with Gasteiger partial charge in [-0.2, -0.15) is 8.78 Å². The highest BCUT2D eigenvalue weighted by Crippen LogP contribution is 2.34. The minimum absolute atomic E-state index is 0.108. The Morgan fingerprint density at radius 1 is 0.906 bits per heavy atom. The van der Waals surface area contributed by atoms with Gasteiger partial charge in [0, 0.05) is 0 Å². The molecular weight excluding hydrogens is 416 g/mol. The van der Waals surface area contributed by atoms with Crippen molar-refractivity contribution in [1.29, 1.82) is 0 Å². The lowest BCUT2D eigenvalue weighted by Gasteiger charge is -2.13. The molecule has 32 heavy (non-hydrogen) atoms. The monoisotopic (exact) mass is 442 g/mol. The number of benzene rings is 3. The van der Waals surface area contributed by atoms with Crippen LogP contribution < -0.4 is 4.74 Å². The molecule has 0 aromatic heterocycles. The molecule has 0 saturated carbocycles. The van der Waals surface area contributed by atoms with Gasteiger partial charge >= 0.3 is 0 Å². The van der Waals surface area contributed by atoms with Gasteiger partial charge in [0.15, 0.2) is 0 Å². The second kappa shape index (κ2) is 10.5. The van der Waals surface area contributed by atoms with Crippen LogP contribution in [0.25, 0.3) is 22.3 Å². The van der Waals surface area contributed by atoms with E-state index in [2.05, 4.69) is 13.8 Å². The highest BCUT2D eigenvalue weighted by molar-refractivity contribution is 5.73. The Morgan fingerprint density at radius 3 is 2.09 bits per heavy atom. The standard InChI is InChI=1S/C27H26F4O/c1-4-5-17(2)18-6-8-19(9-7-18)22-15-23(28)27(24(29)16-22)21-10-12-25(32-3)20(14-21)11-13-26(30)31/h6-10,12-17H,4-5,11H2,1-3H3. The summed E-state index contributed by atoms with van der Waals surface area (Å²) in [5.41, 5.74) is 2.83. The van der Waals surface area contributed by atoms with Gasteiger partial charge < -0.3 is 4.74 Å². The maximum Gasteiger partial charge on any atom is 0.266 e. The van der Waals surface area contributed by atoms with Crippen molar-refractivity contribution in [1.82, 2.24) is 0 Å². The summed E-state index contributed by atoms with van der Waals surface area (Å²) in [4.78, 5) is 0. The quantitative estimate of drug-likeness (QED) is 0.318. The molecule has 0 bridgehead atoms. The van der Waals surface area contributed by atoms with E-state index in [1.807, 2.05) is 24.3 Å². The van der Waals surface area contributed by atoms with Gasteiger partial charge in [0.05, 0.1) is 12.7 Å². The number of methoxy groups -OCH3 is 1. The molecule has 1 nitrogen and oxygen atoms in total. The van der Waals surface area contributed by atoms with E-state index in [1.54, 1.807) is 0 Å². The van der Waals surface area contributed by atoms with Crippen LogP contribution in [0.2, 0.25) is 0 Å². The van der Waals surface area contributed by atoms with Crippen LogP contribution in [-0.4, -0.2) is 7.11 Å². The normalized spacial score (nSPS) is 11.8. The predicted octanol–water partition coefficient (Wildman–Crippen LogP) is 8.53. The highest BCUT2D eigenvalue weighted by Gasteiger charge is 2.16. The van der Waals surface area contributed by atoms with Gasteiger partial charge in [0.2, 0.25) is 0 Å². The Bertz CT molecular complexity index is 1080. The molecule has 3 rings (SSSR count). The number of hydrogen-bond acceptors (Lipinski definition) is 1. The van der Waals surface area contributed by atoms with E-state index in [1.165, 1.54) is 43.0 Å². The molecule has 0 saturated heterocycles. The van der Waals surface area contributed by atoms with E-state index in [0.29, 0.717) is 22.8 Å². The van der Waals surface area contributed by atoms with E-state index in [-0.39, 0.29) is 17.5 Å². The molecule has 0 radical (unpaired) electrons. The van der Waals surface area contributed by atoms with Crippen molar-refractivity contribution in [3.05, 3.63) is 89.5 Å². The van der Waals surface area contributed by atoms with Crippen LogP contribution in [0.3, 0.4) is 0 Å². The van der Waals surface area contributed by atoms with Crippen molar-refractivity contribution in [2.45, 2.75) is 39.0 Å². The maximum absolute atomic E-state index is 15.0. The van der Waals surface area contributed by atoms with Gasteiger partial charge in [0.25, 0.3) is 6.08 Å². The smallest absolute Gasteiger partial charge is 0.266 e. The summed E-state index contributed by atoms with van der Waals surface area (Å²) < 4.78 is 60.3. The molecule has 5 heteroatoms. The van der Waals surface area contributed by atoms with Crippen molar-refractivity contribution in [3.63, 3.8) is 0 Å². The fraction of sp³-hybridized carbons (Fsp3) is 0.259. The van der Waals surface area contributed by atoms with Crippen molar-refractivity contribution in [2.75, 3.05) is 7.11 Å². The Labute approximate surface area is 186 Å². The zero-order valence-corrected chi connectivity index (χ0v) is 18.4. The zero-order chi connectivity index (χ0) is 23.3. The maximum atomic E-state index is 15.0. The summed E-state index contributed by atoms with van der Waals surface area (Å²) in [5.74, 6) is -0.630. The van der Waals surface area contributed by atoms with Gasteiger partial charge in [-0.15, -0.1) is 0 Å². The Balaban J connectivity index is 1.96. The highest BCUT2D eigenvalue weighted by atomic mass is 19.3. The molecule has 0 heterocycles. The molecular formula is C27H26F4O. The lowest BCUT2D eigenvalue weighted by atomic mass is 9.93. The molecule has 3 aromatic carbocycles. The minimum Gasteiger partial charge on any atom is -0.496 e. The van der Waals surface area contributed by atoms with E-state index >= 15 is 8.78 Å². The van der Waals surface area contributed by atoms with Gasteiger partial charge in [-0.3, -0.25) is 0 Å². The van der Waals surface area contributed by atoms with E-state index in [4.69, 9.17) is 4.74 Å². The Kier molecular flexibility index (Phi) is 7.73. The van der Waals surface area contributed by atoms with Crippen LogP contribution in [0, 0.1) is 11.6 Å². The molecule has 1 unspecified atom stereocenters. The summed E-state index contributed by atoms with van der Waals surface area (Å²) in [6.07, 6.45) is 0.975. The molecule has 168 valence electrons. The Hall–Kier alpha value is -3.08. The zero-order valence-electron chi connectivity index (χ0n) is 18.4. The molecule has 0 amide bonds. The first-order chi connectivity index (χ1) is 15.3. The number of rotatable bonds is 8. The van der Waals surface area contributed by atoms with Gasteiger partial charge in [-0.05, 0) is 76.9 Å². The lowest BCUT2D eigenvalue weighted by molar-refractivity contribution is 0.408. The topological polar surface area (TPSA) is 9.23 Å².